The van der Waals surface area contributed by atoms with Gasteiger partial charge >= 0.3 is 0 Å². The van der Waals surface area contributed by atoms with Gasteiger partial charge in [-0.25, -0.2) is 23.7 Å². The Hall–Kier alpha value is -3.01. The van der Waals surface area contributed by atoms with E-state index in [1.807, 2.05) is 0 Å². The highest BCUT2D eigenvalue weighted by Gasteiger charge is 2.45. The van der Waals surface area contributed by atoms with Crippen LogP contribution in [0.3, 0.4) is 0 Å². The molecule has 1 aliphatic rings. The quantitative estimate of drug-likeness (QED) is 0.356. The highest BCUT2D eigenvalue weighted by molar-refractivity contribution is 6.17. The molecule has 0 saturated heterocycles. The maximum atomic E-state index is 14.6. The van der Waals surface area contributed by atoms with Gasteiger partial charge in [-0.15, -0.1) is 0 Å². The van der Waals surface area contributed by atoms with E-state index in [1.165, 1.54) is 31.8 Å². The third-order valence-corrected chi connectivity index (χ3v) is 4.92. The van der Waals surface area contributed by atoms with Crippen LogP contribution < -0.4 is 5.32 Å². The normalized spacial score (nSPS) is 16.0. The van der Waals surface area contributed by atoms with Gasteiger partial charge in [-0.2, -0.15) is 4.39 Å². The number of aromatic amines is 1. The van der Waals surface area contributed by atoms with Crippen LogP contribution >= 0.6 is 0 Å². The highest BCUT2D eigenvalue weighted by Crippen LogP contribution is 2.43. The molecule has 0 unspecified atom stereocenters. The van der Waals surface area contributed by atoms with Crippen LogP contribution in [-0.4, -0.2) is 45.5 Å². The summed E-state index contributed by atoms with van der Waals surface area (Å²) in [5.41, 5.74) is 0.739. The fourth-order valence-corrected chi connectivity index (χ4v) is 3.54. The number of rotatable bonds is 7. The summed E-state index contributed by atoms with van der Waals surface area (Å²) in [5.74, 6) is -4.00. The Labute approximate surface area is 163 Å². The summed E-state index contributed by atoms with van der Waals surface area (Å²) in [5, 5.41) is 3.33. The number of hydrogen-bond donors (Lipinski definition) is 2. The van der Waals surface area contributed by atoms with Gasteiger partial charge in [0.1, 0.15) is 24.5 Å². The molecule has 4 rings (SSSR count). The molecule has 0 amide bonds. The predicted molar refractivity (Wildman–Crippen MR) is 98.4 cm³/mol. The molecule has 3 aromatic rings. The van der Waals surface area contributed by atoms with Gasteiger partial charge in [0.15, 0.2) is 5.78 Å². The number of H-pyrrole nitrogens is 1. The topological polar surface area (TPSA) is 92.8 Å². The van der Waals surface area contributed by atoms with Gasteiger partial charge in [-0.1, -0.05) is 0 Å². The zero-order valence-corrected chi connectivity index (χ0v) is 15.5. The minimum absolute atomic E-state index is 0.162. The van der Waals surface area contributed by atoms with Crippen molar-refractivity contribution in [3.8, 4) is 0 Å². The Morgan fingerprint density at radius 2 is 2.10 bits per heavy atom. The summed E-state index contributed by atoms with van der Waals surface area (Å²) >= 11 is 0. The number of aromatic nitrogens is 4. The van der Waals surface area contributed by atoms with E-state index >= 15 is 0 Å². The van der Waals surface area contributed by atoms with Crippen molar-refractivity contribution in [2.45, 2.75) is 25.2 Å². The number of nitrogens with one attached hydrogen (secondary N) is 2. The number of halogens is 3. The Morgan fingerprint density at radius 3 is 2.79 bits per heavy atom. The van der Waals surface area contributed by atoms with E-state index in [4.69, 9.17) is 4.74 Å². The smallest absolute Gasteiger partial charge is 0.248 e. The summed E-state index contributed by atoms with van der Waals surface area (Å²) < 4.78 is 45.5. The van der Waals surface area contributed by atoms with Gasteiger partial charge in [-0.05, 0) is 24.5 Å². The van der Waals surface area contributed by atoms with E-state index in [2.05, 4.69) is 25.3 Å². The highest BCUT2D eigenvalue weighted by atomic mass is 19.3. The number of ketones is 1. The van der Waals surface area contributed by atoms with Gasteiger partial charge in [0.05, 0.1) is 16.5 Å². The van der Waals surface area contributed by atoms with Gasteiger partial charge < -0.3 is 15.0 Å². The monoisotopic (exact) mass is 405 g/mol. The Morgan fingerprint density at radius 1 is 1.31 bits per heavy atom. The fourth-order valence-electron chi connectivity index (χ4n) is 3.54. The molecule has 0 spiro atoms. The van der Waals surface area contributed by atoms with Crippen LogP contribution in [0.5, 0.6) is 0 Å². The van der Waals surface area contributed by atoms with Gasteiger partial charge in [-0.3, -0.25) is 4.79 Å². The molecule has 1 saturated carbocycles. The van der Waals surface area contributed by atoms with Crippen LogP contribution in [0.4, 0.5) is 19.0 Å². The van der Waals surface area contributed by atoms with Crippen molar-refractivity contribution in [1.29, 1.82) is 0 Å². The number of nitrogens with zero attached hydrogens (tertiary/aromatic N) is 3. The van der Waals surface area contributed by atoms with E-state index in [-0.39, 0.29) is 43.0 Å². The first-order valence-electron chi connectivity index (χ1n) is 9.01. The number of carbonyl (C=O) groups excluding carboxylic acids is 1. The molecule has 0 aliphatic heterocycles. The Balaban J connectivity index is 1.60. The number of anilines is 1. The van der Waals surface area contributed by atoms with E-state index in [0.29, 0.717) is 22.5 Å². The molecule has 7 nitrogen and oxygen atoms in total. The first kappa shape index (κ1) is 19.3. The standard InChI is InChI=1S/C19H18F3N5O2/c1-29-9-26-18-14-13(7-23-17(14)24-8-25-18)15(28)12-3-2-11(27-16(12)20)4-10-5-19(21,22)6-10/h2-3,7-8,10H,4-6,9H2,1H3,(H2,23,24,25,26). The number of carbonyl (C=O) groups is 1. The summed E-state index contributed by atoms with van der Waals surface area (Å²) in [7, 11) is 1.50. The fraction of sp³-hybridized carbons (Fsp3) is 0.368. The third-order valence-electron chi connectivity index (χ3n) is 4.92. The van der Waals surface area contributed by atoms with Crippen molar-refractivity contribution >= 4 is 22.6 Å². The Bertz CT molecular complexity index is 1060. The Kier molecular flexibility index (Phi) is 4.95. The number of pyridine rings is 1. The van der Waals surface area contributed by atoms with Crippen molar-refractivity contribution in [3.63, 3.8) is 0 Å². The molecule has 3 aromatic heterocycles. The summed E-state index contributed by atoms with van der Waals surface area (Å²) in [6, 6.07) is 2.84. The van der Waals surface area contributed by atoms with Gasteiger partial charge in [0, 0.05) is 31.8 Å². The molecule has 0 aromatic carbocycles. The molecule has 152 valence electrons. The molecular weight excluding hydrogens is 387 g/mol. The second-order valence-corrected chi connectivity index (χ2v) is 7.06. The van der Waals surface area contributed by atoms with E-state index < -0.39 is 17.7 Å². The molecule has 1 aliphatic carbocycles. The van der Waals surface area contributed by atoms with E-state index in [0.717, 1.165) is 0 Å². The van der Waals surface area contributed by atoms with Crippen molar-refractivity contribution in [2.24, 2.45) is 5.92 Å². The summed E-state index contributed by atoms with van der Waals surface area (Å²) in [6.07, 6.45) is 2.58. The zero-order chi connectivity index (χ0) is 20.6. The maximum Gasteiger partial charge on any atom is 0.248 e. The van der Waals surface area contributed by atoms with Crippen LogP contribution in [0, 0.1) is 11.9 Å². The van der Waals surface area contributed by atoms with Crippen LogP contribution in [0.1, 0.15) is 34.5 Å². The average Bonchev–Trinajstić information content (AvgIpc) is 3.09. The molecule has 2 N–H and O–H groups in total. The minimum Gasteiger partial charge on any atom is -0.365 e. The van der Waals surface area contributed by atoms with E-state index in [9.17, 15) is 18.0 Å². The first-order chi connectivity index (χ1) is 13.9. The molecule has 3 heterocycles. The lowest BCUT2D eigenvalue weighted by Crippen LogP contribution is -2.36. The second-order valence-electron chi connectivity index (χ2n) is 7.06. The lowest BCUT2D eigenvalue weighted by atomic mass is 9.78. The lowest BCUT2D eigenvalue weighted by Gasteiger charge is -2.34. The lowest BCUT2D eigenvalue weighted by molar-refractivity contribution is -0.109. The molecule has 0 atom stereocenters. The SMILES string of the molecule is COCNc1ncnc2[nH]cc(C(=O)c3ccc(CC4CC(F)(F)C4)nc3F)c12. The van der Waals surface area contributed by atoms with Crippen molar-refractivity contribution < 1.29 is 22.7 Å². The third kappa shape index (κ3) is 3.80. The van der Waals surface area contributed by atoms with Gasteiger partial charge in [0.2, 0.25) is 11.9 Å². The number of hydrogen-bond acceptors (Lipinski definition) is 6. The number of alkyl halides is 2. The minimum atomic E-state index is -2.63. The average molecular weight is 405 g/mol. The van der Waals surface area contributed by atoms with Crippen molar-refractivity contribution in [3.05, 3.63) is 47.4 Å². The molecule has 29 heavy (non-hydrogen) atoms. The molecular formula is C19H18F3N5O2. The predicted octanol–water partition coefficient (Wildman–Crippen LogP) is 3.33. The number of ether oxygens (including phenoxy) is 1. The largest absolute Gasteiger partial charge is 0.365 e. The van der Waals surface area contributed by atoms with Crippen molar-refractivity contribution in [1.82, 2.24) is 19.9 Å². The van der Waals surface area contributed by atoms with Crippen LogP contribution in [0.2, 0.25) is 0 Å². The second kappa shape index (κ2) is 7.43. The summed E-state index contributed by atoms with van der Waals surface area (Å²) in [4.78, 5) is 27.8. The molecule has 10 heteroatoms. The zero-order valence-electron chi connectivity index (χ0n) is 15.5. The maximum absolute atomic E-state index is 14.6. The molecule has 0 bridgehead atoms. The van der Waals surface area contributed by atoms with Crippen LogP contribution in [0.25, 0.3) is 11.0 Å². The van der Waals surface area contributed by atoms with Crippen molar-refractivity contribution in [2.75, 3.05) is 19.2 Å². The number of methoxy groups -OCH3 is 1. The molecule has 1 fully saturated rings. The summed E-state index contributed by atoms with van der Waals surface area (Å²) in [6.45, 7) is 0.162. The van der Waals surface area contributed by atoms with Crippen LogP contribution in [0.15, 0.2) is 24.7 Å². The first-order valence-corrected chi connectivity index (χ1v) is 9.01. The molecule has 0 radical (unpaired) electrons. The van der Waals surface area contributed by atoms with E-state index in [1.54, 1.807) is 0 Å². The number of fused-ring (bicyclic) bond motifs is 1. The van der Waals surface area contributed by atoms with Gasteiger partial charge in [0.25, 0.3) is 0 Å². The van der Waals surface area contributed by atoms with Crippen LogP contribution in [-0.2, 0) is 11.2 Å².